The quantitative estimate of drug-likeness (QED) is 0.342. The Bertz CT molecular complexity index is 128. The number of carbonyl (C=O) groups is 2. The summed E-state index contributed by atoms with van der Waals surface area (Å²) in [5, 5.41) is 0. The van der Waals surface area contributed by atoms with Gasteiger partial charge in [-0.2, -0.15) is 0 Å². The number of alkyl halides is 2. The lowest BCUT2D eigenvalue weighted by Gasteiger charge is -1.99. The van der Waals surface area contributed by atoms with E-state index in [1.807, 2.05) is 0 Å². The van der Waals surface area contributed by atoms with Gasteiger partial charge in [0.25, 0.3) is 0 Å². The van der Waals surface area contributed by atoms with Gasteiger partial charge < -0.3 is 10.5 Å². The predicted octanol–water partition coefficient (Wildman–Crippen LogP) is -0.384. The Kier molecular flexibility index (Phi) is 3.34. The van der Waals surface area contributed by atoms with Crippen LogP contribution in [0.15, 0.2) is 0 Å². The van der Waals surface area contributed by atoms with Gasteiger partial charge >= 0.3 is 0 Å². The molecule has 5 heteroatoms. The van der Waals surface area contributed by atoms with E-state index in [4.69, 9.17) is 5.73 Å². The Hall–Kier alpha value is -0.480. The Labute approximate surface area is 56.0 Å². The molecule has 0 amide bonds. The minimum absolute atomic E-state index is 0.136. The third-order valence-electron chi connectivity index (χ3n) is 0.690. The van der Waals surface area contributed by atoms with Crippen LogP contribution in [0.1, 0.15) is 0 Å². The number of halogens is 2. The zero-order valence-electron chi connectivity index (χ0n) is 4.38. The SMILES string of the molecule is NC(C=O)C(=O)C(F)Cl. The normalized spacial score (nSPS) is 16.3. The molecule has 0 aliphatic rings. The van der Waals surface area contributed by atoms with Crippen molar-refractivity contribution in [3.63, 3.8) is 0 Å². The van der Waals surface area contributed by atoms with Gasteiger partial charge in [0.1, 0.15) is 12.3 Å². The van der Waals surface area contributed by atoms with Crippen molar-refractivity contribution in [1.82, 2.24) is 0 Å². The number of hydrogen-bond acceptors (Lipinski definition) is 3. The van der Waals surface area contributed by atoms with E-state index in [9.17, 15) is 14.0 Å². The van der Waals surface area contributed by atoms with Gasteiger partial charge in [0.05, 0.1) is 0 Å². The topological polar surface area (TPSA) is 60.2 Å². The molecular formula is C4H5ClFNO2. The Morgan fingerprint density at radius 2 is 2.22 bits per heavy atom. The summed E-state index contributed by atoms with van der Waals surface area (Å²) in [6, 6.07) is -1.43. The van der Waals surface area contributed by atoms with Crippen molar-refractivity contribution in [3.8, 4) is 0 Å². The highest BCUT2D eigenvalue weighted by Crippen LogP contribution is 1.99. The smallest absolute Gasteiger partial charge is 0.233 e. The maximum atomic E-state index is 11.7. The Morgan fingerprint density at radius 3 is 2.33 bits per heavy atom. The summed E-state index contributed by atoms with van der Waals surface area (Å²) in [6.45, 7) is 0. The zero-order valence-corrected chi connectivity index (χ0v) is 5.14. The van der Waals surface area contributed by atoms with Gasteiger partial charge in [-0.3, -0.25) is 4.79 Å². The summed E-state index contributed by atoms with van der Waals surface area (Å²) in [5.74, 6) is -1.10. The Morgan fingerprint density at radius 1 is 1.78 bits per heavy atom. The van der Waals surface area contributed by atoms with Crippen LogP contribution in [0.3, 0.4) is 0 Å². The number of Topliss-reactive ketones (excluding diaryl/α,β-unsaturated/α-hetero) is 1. The summed E-state index contributed by atoms with van der Waals surface area (Å²) in [5.41, 5.74) is 2.60. The van der Waals surface area contributed by atoms with Gasteiger partial charge in [-0.1, -0.05) is 11.6 Å². The number of carbonyl (C=O) groups excluding carboxylic acids is 2. The molecule has 2 unspecified atom stereocenters. The molecule has 0 aliphatic carbocycles. The fraction of sp³-hybridized carbons (Fsp3) is 0.500. The number of aldehydes is 1. The van der Waals surface area contributed by atoms with Crippen LogP contribution in [0.2, 0.25) is 0 Å². The fourth-order valence-corrected chi connectivity index (χ4v) is 0.358. The van der Waals surface area contributed by atoms with E-state index in [-0.39, 0.29) is 6.29 Å². The van der Waals surface area contributed by atoms with E-state index in [0.717, 1.165) is 0 Å². The van der Waals surface area contributed by atoms with E-state index in [0.29, 0.717) is 0 Å². The van der Waals surface area contributed by atoms with Crippen LogP contribution in [0.4, 0.5) is 4.39 Å². The predicted molar refractivity (Wildman–Crippen MR) is 29.8 cm³/mol. The molecule has 0 aromatic rings. The van der Waals surface area contributed by atoms with E-state index < -0.39 is 17.5 Å². The van der Waals surface area contributed by atoms with Crippen LogP contribution >= 0.6 is 11.6 Å². The first-order valence-corrected chi connectivity index (χ1v) is 2.56. The highest BCUT2D eigenvalue weighted by molar-refractivity contribution is 6.31. The van der Waals surface area contributed by atoms with Crippen LogP contribution < -0.4 is 5.73 Å². The van der Waals surface area contributed by atoms with Crippen LogP contribution in [-0.2, 0) is 9.59 Å². The average molecular weight is 154 g/mol. The largest absolute Gasteiger partial charge is 0.315 e. The van der Waals surface area contributed by atoms with Gasteiger partial charge in [0, 0.05) is 0 Å². The van der Waals surface area contributed by atoms with Gasteiger partial charge in [0.15, 0.2) is 0 Å². The third-order valence-corrected chi connectivity index (χ3v) is 0.905. The van der Waals surface area contributed by atoms with Crippen LogP contribution in [0, 0.1) is 0 Å². The molecule has 9 heavy (non-hydrogen) atoms. The number of nitrogens with two attached hydrogens (primary N) is 1. The van der Waals surface area contributed by atoms with Gasteiger partial charge in [-0.05, 0) is 0 Å². The van der Waals surface area contributed by atoms with Crippen LogP contribution in [0.5, 0.6) is 0 Å². The average Bonchev–Trinajstić information content (AvgIpc) is 1.84. The highest BCUT2D eigenvalue weighted by Gasteiger charge is 2.20. The molecule has 52 valence electrons. The molecule has 0 fully saturated rings. The molecule has 0 rings (SSSR count). The first-order valence-electron chi connectivity index (χ1n) is 2.12. The third kappa shape index (κ3) is 2.53. The molecule has 0 spiro atoms. The van der Waals surface area contributed by atoms with E-state index in [1.54, 1.807) is 0 Å². The molecule has 0 bridgehead atoms. The maximum Gasteiger partial charge on any atom is 0.233 e. The van der Waals surface area contributed by atoms with Gasteiger partial charge in [-0.25, -0.2) is 4.39 Å². The minimum Gasteiger partial charge on any atom is -0.315 e. The molecular weight excluding hydrogens is 148 g/mol. The van der Waals surface area contributed by atoms with Crippen molar-refractivity contribution in [3.05, 3.63) is 0 Å². The van der Waals surface area contributed by atoms with E-state index >= 15 is 0 Å². The summed E-state index contributed by atoms with van der Waals surface area (Å²) >= 11 is 4.65. The second-order valence-electron chi connectivity index (χ2n) is 1.36. The molecule has 0 saturated carbocycles. The number of ketones is 1. The molecule has 2 N–H and O–H groups in total. The summed E-state index contributed by atoms with van der Waals surface area (Å²) < 4.78 is 11.7. The van der Waals surface area contributed by atoms with E-state index in [2.05, 4.69) is 11.6 Å². The minimum atomic E-state index is -2.18. The molecule has 0 aliphatic heterocycles. The highest BCUT2D eigenvalue weighted by atomic mass is 35.5. The van der Waals surface area contributed by atoms with Crippen molar-refractivity contribution in [1.29, 1.82) is 0 Å². The standard InChI is InChI=1S/C4H5ClFNO2/c5-4(6)3(9)2(7)1-8/h1-2,4H,7H2. The zero-order chi connectivity index (χ0) is 7.44. The lowest BCUT2D eigenvalue weighted by molar-refractivity contribution is -0.125. The van der Waals surface area contributed by atoms with Crippen molar-refractivity contribution >= 4 is 23.7 Å². The van der Waals surface area contributed by atoms with Crippen molar-refractivity contribution < 1.29 is 14.0 Å². The van der Waals surface area contributed by atoms with E-state index in [1.165, 1.54) is 0 Å². The summed E-state index contributed by atoms with van der Waals surface area (Å²) in [4.78, 5) is 19.9. The summed E-state index contributed by atoms with van der Waals surface area (Å²) in [6.07, 6.45) is 0.136. The molecule has 0 radical (unpaired) electrons. The van der Waals surface area contributed by atoms with Crippen LogP contribution in [-0.4, -0.2) is 23.7 Å². The number of hydrogen-bond donors (Lipinski definition) is 1. The molecule has 0 heterocycles. The van der Waals surface area contributed by atoms with Crippen molar-refractivity contribution in [2.24, 2.45) is 5.73 Å². The Balaban J connectivity index is 3.87. The second kappa shape index (κ2) is 3.53. The van der Waals surface area contributed by atoms with Crippen molar-refractivity contribution in [2.45, 2.75) is 11.7 Å². The monoisotopic (exact) mass is 153 g/mol. The lowest BCUT2D eigenvalue weighted by Crippen LogP contribution is -2.35. The van der Waals surface area contributed by atoms with Gasteiger partial charge in [-0.15, -0.1) is 0 Å². The molecule has 3 nitrogen and oxygen atoms in total. The lowest BCUT2D eigenvalue weighted by atomic mass is 10.2. The summed E-state index contributed by atoms with van der Waals surface area (Å²) in [7, 11) is 0. The molecule has 0 aromatic carbocycles. The first-order chi connectivity index (χ1) is 4.09. The number of rotatable bonds is 3. The first kappa shape index (κ1) is 8.52. The van der Waals surface area contributed by atoms with Crippen molar-refractivity contribution in [2.75, 3.05) is 0 Å². The maximum absolute atomic E-state index is 11.7. The molecule has 0 aromatic heterocycles. The van der Waals surface area contributed by atoms with Gasteiger partial charge in [0.2, 0.25) is 11.4 Å². The fourth-order valence-electron chi connectivity index (χ4n) is 0.213. The molecule has 2 atom stereocenters. The van der Waals surface area contributed by atoms with Crippen LogP contribution in [0.25, 0.3) is 0 Å². The second-order valence-corrected chi connectivity index (χ2v) is 1.75. The molecule has 0 saturated heterocycles.